The van der Waals surface area contributed by atoms with Gasteiger partial charge in [-0.25, -0.2) is 0 Å². The molecule has 0 aromatic heterocycles. The first kappa shape index (κ1) is 64.0. The Kier molecular flexibility index (Phi) is 74.9. The second-order valence-electron chi connectivity index (χ2n) is 16.9. The fraction of sp³-hybridized carbons (Fsp3) is 1.00. The molecule has 0 aliphatic carbocycles. The van der Waals surface area contributed by atoms with Gasteiger partial charge in [-0.1, -0.05) is 268 Å². The van der Waals surface area contributed by atoms with Crippen LogP contribution in [-0.2, 0) is 0 Å². The van der Waals surface area contributed by atoms with Gasteiger partial charge in [0.2, 0.25) is 0 Å². The summed E-state index contributed by atoms with van der Waals surface area (Å²) in [6.07, 6.45) is 26.1. The number of rotatable bonds is 20. The molecule has 0 rings (SSSR count). The van der Waals surface area contributed by atoms with Gasteiger partial charge in [0, 0.05) is 0 Å². The summed E-state index contributed by atoms with van der Waals surface area (Å²) in [6, 6.07) is 0. The first-order chi connectivity index (χ1) is 23.0. The minimum Gasteiger partial charge on any atom is -0.0654 e. The van der Waals surface area contributed by atoms with Gasteiger partial charge in [0.25, 0.3) is 0 Å². The zero-order valence-electron chi connectivity index (χ0n) is 40.1. The Morgan fingerprint density at radius 1 is 0.306 bits per heavy atom. The third kappa shape index (κ3) is 87.9. The zero-order valence-corrected chi connectivity index (χ0v) is 40.1. The summed E-state index contributed by atoms with van der Waals surface area (Å²) in [5.74, 6) is 7.31. The molecule has 49 heavy (non-hydrogen) atoms. The van der Waals surface area contributed by atoms with Gasteiger partial charge in [0.1, 0.15) is 0 Å². The lowest BCUT2D eigenvalue weighted by Crippen LogP contribution is -2.00. The number of hydrogen-bond donors (Lipinski definition) is 0. The Morgan fingerprint density at radius 3 is 0.735 bits per heavy atom. The molecule has 0 heterocycles. The van der Waals surface area contributed by atoms with Gasteiger partial charge in [-0.2, -0.15) is 0 Å². The van der Waals surface area contributed by atoms with E-state index in [-0.39, 0.29) is 0 Å². The first-order valence-electron chi connectivity index (χ1n) is 23.0. The summed E-state index contributed by atoms with van der Waals surface area (Å²) < 4.78 is 0. The molecule has 308 valence electrons. The van der Waals surface area contributed by atoms with Crippen LogP contribution in [0.25, 0.3) is 0 Å². The van der Waals surface area contributed by atoms with Crippen LogP contribution in [0.1, 0.15) is 274 Å². The number of unbranched alkanes of at least 4 members (excludes halogenated alkanes) is 5. The summed E-state index contributed by atoms with van der Waals surface area (Å²) >= 11 is 0. The smallest absolute Gasteiger partial charge is 0.0422 e. The van der Waals surface area contributed by atoms with Gasteiger partial charge in [0.15, 0.2) is 0 Å². The van der Waals surface area contributed by atoms with E-state index in [1.165, 1.54) is 122 Å². The minimum atomic E-state index is 0.866. The van der Waals surface area contributed by atoms with Crippen LogP contribution < -0.4 is 0 Å². The molecule has 0 aromatic carbocycles. The molecule has 0 spiro atoms. The quantitative estimate of drug-likeness (QED) is 0.111. The molecule has 0 radical (unpaired) electrons. The Balaban J connectivity index is -0.0000000840. The van der Waals surface area contributed by atoms with Crippen LogP contribution in [0.3, 0.4) is 0 Å². The van der Waals surface area contributed by atoms with E-state index < -0.39 is 0 Å². The molecule has 0 aliphatic heterocycles. The molecule has 0 bridgehead atoms. The molecule has 0 aromatic rings. The monoisotopic (exact) mass is 701 g/mol. The average molecular weight is 701 g/mol. The SMILES string of the molecule is CC(C)CC(C)C.CCC(C)C(C)C.CCC(CC)CC.CCCC(C)CC.CCCC(C)CC.CCCCC(C)C.CCCCCCC. The van der Waals surface area contributed by atoms with Crippen molar-refractivity contribution in [3.05, 3.63) is 0 Å². The van der Waals surface area contributed by atoms with Crippen molar-refractivity contribution in [2.45, 2.75) is 274 Å². The summed E-state index contributed by atoms with van der Waals surface area (Å²) in [6.45, 7) is 49.8. The van der Waals surface area contributed by atoms with E-state index in [1.54, 1.807) is 0 Å². The molecule has 0 aliphatic rings. The van der Waals surface area contributed by atoms with Crippen molar-refractivity contribution >= 4 is 0 Å². The Hall–Kier alpha value is 0. The lowest BCUT2D eigenvalue weighted by Gasteiger charge is -2.10. The molecule has 0 saturated carbocycles. The van der Waals surface area contributed by atoms with Crippen molar-refractivity contribution < 1.29 is 0 Å². The Labute approximate surface area is 320 Å². The van der Waals surface area contributed by atoms with E-state index in [0.29, 0.717) is 0 Å². The van der Waals surface area contributed by atoms with Gasteiger partial charge in [-0.15, -0.1) is 0 Å². The molecule has 3 unspecified atom stereocenters. The van der Waals surface area contributed by atoms with Gasteiger partial charge >= 0.3 is 0 Å². The molecule has 0 nitrogen and oxygen atoms in total. The maximum atomic E-state index is 2.31. The summed E-state index contributed by atoms with van der Waals surface area (Å²) in [4.78, 5) is 0. The largest absolute Gasteiger partial charge is 0.0654 e. The van der Waals surface area contributed by atoms with Crippen molar-refractivity contribution in [3.8, 4) is 0 Å². The molecule has 0 amide bonds. The zero-order chi connectivity index (χ0) is 40.1. The van der Waals surface area contributed by atoms with Crippen LogP contribution in [-0.4, -0.2) is 0 Å². The van der Waals surface area contributed by atoms with Gasteiger partial charge < -0.3 is 0 Å². The van der Waals surface area contributed by atoms with Crippen molar-refractivity contribution in [2.75, 3.05) is 0 Å². The molecular formula is C49H112. The predicted octanol–water partition coefficient (Wildman–Crippen LogP) is 19.7. The highest BCUT2D eigenvalue weighted by Crippen LogP contribution is 2.12. The normalized spacial score (nSPS) is 12.1. The maximum absolute atomic E-state index is 2.31. The summed E-state index contributed by atoms with van der Waals surface area (Å²) in [5.41, 5.74) is 0. The lowest BCUT2D eigenvalue weighted by atomic mass is 9.96. The second-order valence-corrected chi connectivity index (χ2v) is 16.9. The first-order valence-corrected chi connectivity index (χ1v) is 23.0. The highest BCUT2D eigenvalue weighted by atomic mass is 14.1. The average Bonchev–Trinajstić information content (AvgIpc) is 3.05. The fourth-order valence-electron chi connectivity index (χ4n) is 4.96. The van der Waals surface area contributed by atoms with E-state index >= 15 is 0 Å². The van der Waals surface area contributed by atoms with Gasteiger partial charge in [-0.05, 0) is 53.8 Å². The van der Waals surface area contributed by atoms with Crippen LogP contribution in [0.4, 0.5) is 0 Å². The Bertz CT molecular complexity index is 424. The van der Waals surface area contributed by atoms with E-state index in [0.717, 1.165) is 47.3 Å². The van der Waals surface area contributed by atoms with E-state index in [4.69, 9.17) is 0 Å². The van der Waals surface area contributed by atoms with Crippen LogP contribution in [0, 0.1) is 47.3 Å². The van der Waals surface area contributed by atoms with Crippen LogP contribution in [0.2, 0.25) is 0 Å². The topological polar surface area (TPSA) is 0 Å². The van der Waals surface area contributed by atoms with Crippen LogP contribution in [0.15, 0.2) is 0 Å². The highest BCUT2D eigenvalue weighted by molar-refractivity contribution is 4.52. The molecular weight excluding hydrogens is 589 g/mol. The van der Waals surface area contributed by atoms with Crippen LogP contribution >= 0.6 is 0 Å². The van der Waals surface area contributed by atoms with Gasteiger partial charge in [0.05, 0.1) is 0 Å². The standard InChI is InChI=1S/7C7H16/c1-6(2)5-7(3)4;1-5-7(4)6(2)3;1-4-5-6-7(2)3;2*1-4-6-7(3)5-2;1-4-7(5-2)6-3;1-3-5-7-6-4-2/h2*6-7H,5H2,1-4H3;4*7H,4-6H2,1-3H3;3-7H2,1-2H3. The van der Waals surface area contributed by atoms with Crippen LogP contribution in [0.5, 0.6) is 0 Å². The summed E-state index contributed by atoms with van der Waals surface area (Å²) in [5, 5.41) is 0. The van der Waals surface area contributed by atoms with E-state index in [9.17, 15) is 0 Å². The fourth-order valence-corrected chi connectivity index (χ4v) is 4.96. The van der Waals surface area contributed by atoms with Crippen molar-refractivity contribution in [1.29, 1.82) is 0 Å². The second kappa shape index (κ2) is 57.3. The lowest BCUT2D eigenvalue weighted by molar-refractivity contribution is 0.407. The van der Waals surface area contributed by atoms with Crippen molar-refractivity contribution in [2.24, 2.45) is 47.3 Å². The molecule has 0 fully saturated rings. The third-order valence-electron chi connectivity index (χ3n) is 9.76. The predicted molar refractivity (Wildman–Crippen MR) is 240 cm³/mol. The van der Waals surface area contributed by atoms with E-state index in [2.05, 4.69) is 152 Å². The molecule has 0 heteroatoms. The maximum Gasteiger partial charge on any atom is -0.0422 e. The molecule has 0 N–H and O–H groups in total. The number of hydrogen-bond acceptors (Lipinski definition) is 0. The highest BCUT2D eigenvalue weighted by Gasteiger charge is 2.01. The van der Waals surface area contributed by atoms with E-state index in [1.807, 2.05) is 0 Å². The van der Waals surface area contributed by atoms with Gasteiger partial charge in [-0.3, -0.25) is 0 Å². The minimum absolute atomic E-state index is 0.866. The molecule has 0 saturated heterocycles. The summed E-state index contributed by atoms with van der Waals surface area (Å²) in [7, 11) is 0. The Morgan fingerprint density at radius 2 is 0.653 bits per heavy atom. The van der Waals surface area contributed by atoms with Crippen molar-refractivity contribution in [1.82, 2.24) is 0 Å². The molecule has 3 atom stereocenters. The van der Waals surface area contributed by atoms with Crippen molar-refractivity contribution in [3.63, 3.8) is 0 Å². The third-order valence-corrected chi connectivity index (χ3v) is 9.76.